The minimum absolute atomic E-state index is 0.0500. The maximum absolute atomic E-state index is 12.4. The van der Waals surface area contributed by atoms with Crippen molar-refractivity contribution in [1.82, 2.24) is 14.4 Å². The minimum Gasteiger partial charge on any atom is -0.359 e. The van der Waals surface area contributed by atoms with Gasteiger partial charge >= 0.3 is 0 Å². The second-order valence-corrected chi connectivity index (χ2v) is 7.47. The fraction of sp³-hybridized carbons (Fsp3) is 0.176. The smallest absolute Gasteiger partial charge is 0.218 e. The standard InChI is InChI=1S/C17H17N3O3S/c1-20(24(21,22)13-14-7-3-2-4-8-14)12-15-11-17(19-23-15)16-9-5-6-10-18-16/h2-11H,12-13H2,1H3. The second kappa shape index (κ2) is 6.94. The monoisotopic (exact) mass is 343 g/mol. The second-order valence-electron chi connectivity index (χ2n) is 5.39. The maximum Gasteiger partial charge on any atom is 0.218 e. The fourth-order valence-corrected chi connectivity index (χ4v) is 3.39. The van der Waals surface area contributed by atoms with Gasteiger partial charge in [-0.15, -0.1) is 0 Å². The van der Waals surface area contributed by atoms with Crippen LogP contribution < -0.4 is 0 Å². The summed E-state index contributed by atoms with van der Waals surface area (Å²) in [4.78, 5) is 4.19. The molecule has 0 saturated carbocycles. The van der Waals surface area contributed by atoms with E-state index in [1.165, 1.54) is 11.4 Å². The highest BCUT2D eigenvalue weighted by molar-refractivity contribution is 7.88. The summed E-state index contributed by atoms with van der Waals surface area (Å²) in [5, 5.41) is 3.95. The number of aromatic nitrogens is 2. The van der Waals surface area contributed by atoms with Crippen molar-refractivity contribution in [3.63, 3.8) is 0 Å². The zero-order chi connectivity index (χ0) is 17.0. The van der Waals surface area contributed by atoms with Crippen LogP contribution in [0, 0.1) is 0 Å². The van der Waals surface area contributed by atoms with Crippen LogP contribution in [0.3, 0.4) is 0 Å². The van der Waals surface area contributed by atoms with E-state index < -0.39 is 10.0 Å². The number of hydrogen-bond donors (Lipinski definition) is 0. The lowest BCUT2D eigenvalue weighted by atomic mass is 10.2. The molecule has 0 amide bonds. The third kappa shape index (κ3) is 3.87. The van der Waals surface area contributed by atoms with Gasteiger partial charge in [0, 0.05) is 19.3 Å². The third-order valence-corrected chi connectivity index (χ3v) is 5.31. The third-order valence-electron chi connectivity index (χ3n) is 3.53. The molecule has 0 radical (unpaired) electrons. The van der Waals surface area contributed by atoms with Crippen LogP contribution in [-0.4, -0.2) is 29.9 Å². The normalized spacial score (nSPS) is 11.8. The number of nitrogens with zero attached hydrogens (tertiary/aromatic N) is 3. The Balaban J connectivity index is 1.70. The number of sulfonamides is 1. The molecule has 0 fully saturated rings. The van der Waals surface area contributed by atoms with Gasteiger partial charge in [-0.3, -0.25) is 4.98 Å². The molecule has 0 spiro atoms. The molecule has 2 heterocycles. The van der Waals surface area contributed by atoms with E-state index in [1.54, 1.807) is 24.4 Å². The van der Waals surface area contributed by atoms with E-state index >= 15 is 0 Å². The lowest BCUT2D eigenvalue weighted by molar-refractivity contribution is 0.344. The summed E-state index contributed by atoms with van der Waals surface area (Å²) in [5.41, 5.74) is 2.01. The van der Waals surface area contributed by atoms with Gasteiger partial charge in [0.15, 0.2) is 5.76 Å². The van der Waals surface area contributed by atoms with Gasteiger partial charge < -0.3 is 4.52 Å². The SMILES string of the molecule is CN(Cc1cc(-c2ccccn2)no1)S(=O)(=O)Cc1ccccc1. The Hall–Kier alpha value is -2.51. The van der Waals surface area contributed by atoms with E-state index in [4.69, 9.17) is 4.52 Å². The number of pyridine rings is 1. The van der Waals surface area contributed by atoms with E-state index in [9.17, 15) is 8.42 Å². The fourth-order valence-electron chi connectivity index (χ4n) is 2.24. The summed E-state index contributed by atoms with van der Waals surface area (Å²) in [7, 11) is -1.91. The molecule has 0 aliphatic rings. The average Bonchev–Trinajstić information content (AvgIpc) is 3.05. The van der Waals surface area contributed by atoms with E-state index in [-0.39, 0.29) is 12.3 Å². The van der Waals surface area contributed by atoms with Gasteiger partial charge in [0.1, 0.15) is 5.69 Å². The van der Waals surface area contributed by atoms with Crippen LogP contribution in [0.5, 0.6) is 0 Å². The molecule has 24 heavy (non-hydrogen) atoms. The first-order valence-corrected chi connectivity index (χ1v) is 9.00. The largest absolute Gasteiger partial charge is 0.359 e. The maximum atomic E-state index is 12.4. The van der Waals surface area contributed by atoms with Gasteiger partial charge in [-0.2, -0.15) is 4.31 Å². The summed E-state index contributed by atoms with van der Waals surface area (Å²) < 4.78 is 31.4. The van der Waals surface area contributed by atoms with Crippen molar-refractivity contribution in [3.05, 3.63) is 72.1 Å². The quantitative estimate of drug-likeness (QED) is 0.688. The molecular formula is C17H17N3O3S. The van der Waals surface area contributed by atoms with Crippen LogP contribution in [-0.2, 0) is 22.3 Å². The first-order valence-electron chi connectivity index (χ1n) is 7.39. The lowest BCUT2D eigenvalue weighted by Crippen LogP contribution is -2.27. The Morgan fingerprint density at radius 1 is 1.04 bits per heavy atom. The van der Waals surface area contributed by atoms with Gasteiger partial charge in [0.05, 0.1) is 18.0 Å². The molecule has 3 aromatic rings. The molecule has 0 aliphatic carbocycles. The predicted molar refractivity (Wildman–Crippen MR) is 90.3 cm³/mol. The van der Waals surface area contributed by atoms with Crippen LogP contribution in [0.25, 0.3) is 11.4 Å². The summed E-state index contributed by atoms with van der Waals surface area (Å²) in [5.74, 6) is 0.417. The van der Waals surface area contributed by atoms with E-state index in [0.29, 0.717) is 17.1 Å². The van der Waals surface area contributed by atoms with Gasteiger partial charge in [-0.25, -0.2) is 8.42 Å². The van der Waals surface area contributed by atoms with Crippen LogP contribution >= 0.6 is 0 Å². The Labute approximate surface area is 140 Å². The molecule has 3 rings (SSSR count). The molecule has 2 aromatic heterocycles. The summed E-state index contributed by atoms with van der Waals surface area (Å²) in [6.07, 6.45) is 1.67. The van der Waals surface area contributed by atoms with Crippen molar-refractivity contribution >= 4 is 10.0 Å². The molecule has 0 N–H and O–H groups in total. The van der Waals surface area contributed by atoms with Crippen molar-refractivity contribution in [2.45, 2.75) is 12.3 Å². The Morgan fingerprint density at radius 2 is 1.79 bits per heavy atom. The first kappa shape index (κ1) is 16.4. The lowest BCUT2D eigenvalue weighted by Gasteiger charge is -2.15. The van der Waals surface area contributed by atoms with Gasteiger partial charge in [0.25, 0.3) is 0 Å². The van der Waals surface area contributed by atoms with Crippen LogP contribution in [0.15, 0.2) is 65.3 Å². The molecular weight excluding hydrogens is 326 g/mol. The van der Waals surface area contributed by atoms with Crippen molar-refractivity contribution in [2.75, 3.05) is 7.05 Å². The highest BCUT2D eigenvalue weighted by atomic mass is 32.2. The van der Waals surface area contributed by atoms with Crippen LogP contribution in [0.2, 0.25) is 0 Å². The molecule has 124 valence electrons. The van der Waals surface area contributed by atoms with E-state index in [1.807, 2.05) is 36.4 Å². The minimum atomic E-state index is -3.44. The topological polar surface area (TPSA) is 76.3 Å². The van der Waals surface area contributed by atoms with E-state index in [2.05, 4.69) is 10.1 Å². The molecule has 0 bridgehead atoms. The van der Waals surface area contributed by atoms with Crippen molar-refractivity contribution in [1.29, 1.82) is 0 Å². The van der Waals surface area contributed by atoms with Crippen molar-refractivity contribution in [2.24, 2.45) is 0 Å². The number of benzene rings is 1. The van der Waals surface area contributed by atoms with Crippen LogP contribution in [0.1, 0.15) is 11.3 Å². The van der Waals surface area contributed by atoms with Gasteiger partial charge in [-0.1, -0.05) is 41.6 Å². The zero-order valence-corrected chi connectivity index (χ0v) is 14.0. The summed E-state index contributed by atoms with van der Waals surface area (Å²) in [6, 6.07) is 16.3. The molecule has 7 heteroatoms. The molecule has 0 atom stereocenters. The highest BCUT2D eigenvalue weighted by Gasteiger charge is 2.20. The average molecular weight is 343 g/mol. The number of rotatable bonds is 6. The zero-order valence-electron chi connectivity index (χ0n) is 13.2. The number of hydrogen-bond acceptors (Lipinski definition) is 5. The van der Waals surface area contributed by atoms with Crippen molar-refractivity contribution in [3.8, 4) is 11.4 Å². The highest BCUT2D eigenvalue weighted by Crippen LogP contribution is 2.18. The Morgan fingerprint density at radius 3 is 2.50 bits per heavy atom. The Bertz CT molecular complexity index is 893. The molecule has 0 saturated heterocycles. The molecule has 1 aromatic carbocycles. The predicted octanol–water partition coefficient (Wildman–Crippen LogP) is 2.70. The first-order chi connectivity index (χ1) is 11.5. The van der Waals surface area contributed by atoms with Crippen LogP contribution in [0.4, 0.5) is 0 Å². The van der Waals surface area contributed by atoms with Gasteiger partial charge in [-0.05, 0) is 17.7 Å². The molecule has 6 nitrogen and oxygen atoms in total. The summed E-state index contributed by atoms with van der Waals surface area (Å²) in [6.45, 7) is 0.120. The van der Waals surface area contributed by atoms with Gasteiger partial charge in [0.2, 0.25) is 10.0 Å². The molecule has 0 aliphatic heterocycles. The summed E-state index contributed by atoms with van der Waals surface area (Å²) >= 11 is 0. The molecule has 0 unspecified atom stereocenters. The van der Waals surface area contributed by atoms with Crippen molar-refractivity contribution < 1.29 is 12.9 Å². The van der Waals surface area contributed by atoms with E-state index in [0.717, 1.165) is 5.56 Å². The Kier molecular flexibility index (Phi) is 4.73.